The molecule has 0 unspecified atom stereocenters. The van der Waals surface area contributed by atoms with Crippen molar-refractivity contribution in [3.05, 3.63) is 84.1 Å². The van der Waals surface area contributed by atoms with E-state index < -0.39 is 5.97 Å². The van der Waals surface area contributed by atoms with Gasteiger partial charge in [0.05, 0.1) is 0 Å². The number of rotatable bonds is 4. The van der Waals surface area contributed by atoms with Crippen LogP contribution in [0.1, 0.15) is 36.8 Å². The zero-order valence-electron chi connectivity index (χ0n) is 16.8. The Bertz CT molecular complexity index is 1170. The molecule has 0 atom stereocenters. The third-order valence-corrected chi connectivity index (χ3v) is 5.11. The zero-order chi connectivity index (χ0) is 20.6. The van der Waals surface area contributed by atoms with E-state index >= 15 is 0 Å². The van der Waals surface area contributed by atoms with Crippen molar-refractivity contribution < 1.29 is 9.90 Å². The van der Waals surface area contributed by atoms with Crippen LogP contribution in [0.2, 0.25) is 0 Å². The minimum Gasteiger partial charge on any atom is -0.477 e. The highest BCUT2D eigenvalue weighted by Gasteiger charge is 2.19. The summed E-state index contributed by atoms with van der Waals surface area (Å²) < 4.78 is 0. The van der Waals surface area contributed by atoms with Crippen LogP contribution >= 0.6 is 0 Å². The van der Waals surface area contributed by atoms with E-state index in [4.69, 9.17) is 0 Å². The number of hydrogen-bond acceptors (Lipinski definition) is 2. The van der Waals surface area contributed by atoms with Gasteiger partial charge in [0.1, 0.15) is 5.69 Å². The number of fused-ring (bicyclic) bond motifs is 1. The van der Waals surface area contributed by atoms with Gasteiger partial charge in [0.25, 0.3) is 0 Å². The fraction of sp³-hybridized carbons (Fsp3) is 0.160. The molecule has 0 radical (unpaired) electrons. The third kappa shape index (κ3) is 3.74. The highest BCUT2D eigenvalue weighted by atomic mass is 16.4. The molecule has 0 aliphatic carbocycles. The smallest absolute Gasteiger partial charge is 0.352 e. The molecule has 0 saturated heterocycles. The van der Waals surface area contributed by atoms with E-state index in [1.54, 1.807) is 0 Å². The number of aromatic carboxylic acids is 1. The van der Waals surface area contributed by atoms with Crippen LogP contribution in [0.25, 0.3) is 22.0 Å². The van der Waals surface area contributed by atoms with Crippen molar-refractivity contribution >= 4 is 28.2 Å². The van der Waals surface area contributed by atoms with Crippen molar-refractivity contribution in [2.24, 2.45) is 0 Å². The van der Waals surface area contributed by atoms with E-state index in [2.05, 4.69) is 55.3 Å². The quantitative estimate of drug-likeness (QED) is 0.372. The van der Waals surface area contributed by atoms with Gasteiger partial charge in [0.2, 0.25) is 0 Å². The average molecular weight is 384 g/mol. The number of hydrogen-bond donors (Lipinski definition) is 3. The molecule has 4 rings (SSSR count). The summed E-state index contributed by atoms with van der Waals surface area (Å²) in [5.74, 6) is -0.965. The van der Waals surface area contributed by atoms with Gasteiger partial charge in [-0.15, -0.1) is 0 Å². The number of carbonyl (C=O) groups is 1. The first kappa shape index (κ1) is 18.8. The lowest BCUT2D eigenvalue weighted by Crippen LogP contribution is -2.10. The summed E-state index contributed by atoms with van der Waals surface area (Å²) in [4.78, 5) is 14.9. The van der Waals surface area contributed by atoms with Crippen LogP contribution in [0, 0.1) is 0 Å². The lowest BCUT2D eigenvalue weighted by Gasteiger charge is -2.19. The summed E-state index contributed by atoms with van der Waals surface area (Å²) in [6, 6.07) is 23.9. The summed E-state index contributed by atoms with van der Waals surface area (Å²) in [5.41, 5.74) is 5.89. The van der Waals surface area contributed by atoms with Gasteiger partial charge in [-0.1, -0.05) is 63.2 Å². The largest absolute Gasteiger partial charge is 0.477 e. The van der Waals surface area contributed by atoms with Crippen molar-refractivity contribution in [1.82, 2.24) is 4.98 Å². The first-order valence-corrected chi connectivity index (χ1v) is 9.65. The Morgan fingerprint density at radius 1 is 0.897 bits per heavy atom. The first-order chi connectivity index (χ1) is 13.8. The second-order valence-electron chi connectivity index (χ2n) is 8.26. The third-order valence-electron chi connectivity index (χ3n) is 5.11. The molecule has 1 aromatic heterocycles. The minimum atomic E-state index is -0.965. The second kappa shape index (κ2) is 7.13. The summed E-state index contributed by atoms with van der Waals surface area (Å²) in [7, 11) is 0. The lowest BCUT2D eigenvalue weighted by atomic mass is 9.87. The molecule has 3 aromatic carbocycles. The SMILES string of the molecule is CC(C)(C)c1ccc(Nc2ccc3[nH]c(C(=O)O)c(-c4ccccc4)c3c2)cc1. The van der Waals surface area contributed by atoms with E-state index in [-0.39, 0.29) is 11.1 Å². The Balaban J connectivity index is 1.75. The number of carboxylic acid groups (broad SMARTS) is 1. The van der Waals surface area contributed by atoms with Crippen molar-refractivity contribution in [3.8, 4) is 11.1 Å². The Labute approximate surface area is 170 Å². The predicted octanol–water partition coefficient (Wildman–Crippen LogP) is 6.57. The van der Waals surface area contributed by atoms with Gasteiger partial charge in [0, 0.05) is 27.8 Å². The van der Waals surface area contributed by atoms with E-state index in [0.29, 0.717) is 5.56 Å². The molecule has 3 N–H and O–H groups in total. The highest BCUT2D eigenvalue weighted by molar-refractivity contribution is 6.08. The van der Waals surface area contributed by atoms with Gasteiger partial charge in [-0.3, -0.25) is 0 Å². The van der Waals surface area contributed by atoms with Gasteiger partial charge in [-0.25, -0.2) is 4.79 Å². The van der Waals surface area contributed by atoms with E-state index in [1.807, 2.05) is 48.5 Å². The number of carboxylic acids is 1. The van der Waals surface area contributed by atoms with Gasteiger partial charge in [-0.2, -0.15) is 0 Å². The Kier molecular flexibility index (Phi) is 4.63. The Morgan fingerprint density at radius 2 is 1.55 bits per heavy atom. The van der Waals surface area contributed by atoms with E-state index in [0.717, 1.165) is 27.8 Å². The number of nitrogens with one attached hydrogen (secondary N) is 2. The normalized spacial score (nSPS) is 11.6. The molecule has 0 amide bonds. The number of aromatic amines is 1. The Hall–Kier alpha value is -3.53. The van der Waals surface area contributed by atoms with Crippen LogP contribution in [0.5, 0.6) is 0 Å². The molecular weight excluding hydrogens is 360 g/mol. The number of H-pyrrole nitrogens is 1. The van der Waals surface area contributed by atoms with Crippen molar-refractivity contribution in [3.63, 3.8) is 0 Å². The maximum absolute atomic E-state index is 11.8. The van der Waals surface area contributed by atoms with Gasteiger partial charge >= 0.3 is 5.97 Å². The number of anilines is 2. The Morgan fingerprint density at radius 3 is 2.17 bits per heavy atom. The van der Waals surface area contributed by atoms with Gasteiger partial charge in [-0.05, 0) is 46.9 Å². The predicted molar refractivity (Wildman–Crippen MR) is 119 cm³/mol. The van der Waals surface area contributed by atoms with Crippen molar-refractivity contribution in [2.45, 2.75) is 26.2 Å². The van der Waals surface area contributed by atoms with Crippen LogP contribution in [0.4, 0.5) is 11.4 Å². The number of aromatic nitrogens is 1. The fourth-order valence-electron chi connectivity index (χ4n) is 3.55. The molecule has 4 nitrogen and oxygen atoms in total. The fourth-order valence-corrected chi connectivity index (χ4v) is 3.55. The second-order valence-corrected chi connectivity index (χ2v) is 8.26. The first-order valence-electron chi connectivity index (χ1n) is 9.65. The topological polar surface area (TPSA) is 65.1 Å². The molecular formula is C25H24N2O2. The summed E-state index contributed by atoms with van der Waals surface area (Å²) in [6.07, 6.45) is 0. The zero-order valence-corrected chi connectivity index (χ0v) is 16.8. The van der Waals surface area contributed by atoms with Crippen LogP contribution in [-0.2, 0) is 5.41 Å². The molecule has 0 saturated carbocycles. The summed E-state index contributed by atoms with van der Waals surface area (Å²) >= 11 is 0. The standard InChI is InChI=1S/C25H24N2O2/c1-25(2,3)17-9-11-18(12-10-17)26-19-13-14-21-20(15-19)22(23(27-21)24(28)29)16-7-5-4-6-8-16/h4-15,26-27H,1-3H3,(H,28,29). The molecule has 29 heavy (non-hydrogen) atoms. The van der Waals surface area contributed by atoms with Crippen LogP contribution < -0.4 is 5.32 Å². The molecule has 1 heterocycles. The molecule has 0 fully saturated rings. The van der Waals surface area contributed by atoms with Crippen molar-refractivity contribution in [1.29, 1.82) is 0 Å². The summed E-state index contributed by atoms with van der Waals surface area (Å²) in [6.45, 7) is 6.58. The van der Waals surface area contributed by atoms with Crippen LogP contribution in [0.15, 0.2) is 72.8 Å². The molecule has 146 valence electrons. The number of benzene rings is 3. The molecule has 4 aromatic rings. The lowest BCUT2D eigenvalue weighted by molar-refractivity contribution is 0.0692. The van der Waals surface area contributed by atoms with Crippen molar-refractivity contribution in [2.75, 3.05) is 5.32 Å². The van der Waals surface area contributed by atoms with E-state index in [1.165, 1.54) is 5.56 Å². The molecule has 0 aliphatic heterocycles. The maximum atomic E-state index is 11.8. The average Bonchev–Trinajstić information content (AvgIpc) is 3.07. The van der Waals surface area contributed by atoms with Crippen LogP contribution in [0.3, 0.4) is 0 Å². The molecule has 4 heteroatoms. The molecule has 0 aliphatic rings. The highest BCUT2D eigenvalue weighted by Crippen LogP contribution is 2.35. The van der Waals surface area contributed by atoms with Gasteiger partial charge in [0.15, 0.2) is 0 Å². The minimum absolute atomic E-state index is 0.111. The monoisotopic (exact) mass is 384 g/mol. The summed E-state index contributed by atoms with van der Waals surface area (Å²) in [5, 5.41) is 14.0. The molecule has 0 spiro atoms. The van der Waals surface area contributed by atoms with E-state index in [9.17, 15) is 9.90 Å². The van der Waals surface area contributed by atoms with Gasteiger partial charge < -0.3 is 15.4 Å². The van der Waals surface area contributed by atoms with Crippen LogP contribution in [-0.4, -0.2) is 16.1 Å². The maximum Gasteiger partial charge on any atom is 0.352 e. The molecule has 0 bridgehead atoms.